The van der Waals surface area contributed by atoms with Crippen molar-refractivity contribution in [2.24, 2.45) is 5.92 Å². The molecule has 0 radical (unpaired) electrons. The molecule has 2 amide bonds. The standard InChI is InChI=1S/C25H24N6O2S2/c1-15-21(31-10-11-34-25(31)28-15)23(32)27-8-9-30(14-17-6-7-17)24(33)20-22(35-16(2)29-20)19-5-3-4-18(12-19)13-26/h3-5,10-12,17H,6-9,14H2,1-2H3,(H,27,32). The van der Waals surface area contributed by atoms with E-state index in [-0.39, 0.29) is 11.8 Å². The SMILES string of the molecule is Cc1nc(C(=O)N(CCNC(=O)c2c(C)nc3sccn23)CC2CC2)c(-c2cccc(C#N)c2)s1. The Bertz CT molecular complexity index is 1460. The Kier molecular flexibility index (Phi) is 6.36. The molecule has 1 saturated carbocycles. The summed E-state index contributed by atoms with van der Waals surface area (Å²) in [5.74, 6) is 0.140. The van der Waals surface area contributed by atoms with E-state index in [0.717, 1.165) is 33.3 Å². The summed E-state index contributed by atoms with van der Waals surface area (Å²) in [6.45, 7) is 5.06. The molecule has 1 N–H and O–H groups in total. The van der Waals surface area contributed by atoms with Crippen molar-refractivity contribution >= 4 is 39.4 Å². The number of fused-ring (bicyclic) bond motifs is 1. The highest BCUT2D eigenvalue weighted by Gasteiger charge is 2.30. The van der Waals surface area contributed by atoms with Gasteiger partial charge in [-0.25, -0.2) is 9.97 Å². The molecule has 10 heteroatoms. The fraction of sp³-hybridized carbons (Fsp3) is 0.320. The van der Waals surface area contributed by atoms with Crippen LogP contribution in [-0.2, 0) is 0 Å². The van der Waals surface area contributed by atoms with Gasteiger partial charge in [0.25, 0.3) is 11.8 Å². The number of nitriles is 1. The van der Waals surface area contributed by atoms with Crippen LogP contribution < -0.4 is 5.32 Å². The van der Waals surface area contributed by atoms with Crippen molar-refractivity contribution in [2.45, 2.75) is 26.7 Å². The molecular weight excluding hydrogens is 480 g/mol. The predicted octanol–water partition coefficient (Wildman–Crippen LogP) is 4.29. The van der Waals surface area contributed by atoms with Gasteiger partial charge < -0.3 is 10.2 Å². The molecule has 0 spiro atoms. The first-order valence-corrected chi connectivity index (χ1v) is 13.1. The molecule has 0 aliphatic heterocycles. The zero-order valence-corrected chi connectivity index (χ0v) is 21.1. The second kappa shape index (κ2) is 9.60. The van der Waals surface area contributed by atoms with Crippen LogP contribution in [0.2, 0.25) is 0 Å². The summed E-state index contributed by atoms with van der Waals surface area (Å²) in [4.78, 5) is 38.9. The van der Waals surface area contributed by atoms with Crippen molar-refractivity contribution < 1.29 is 9.59 Å². The fourth-order valence-corrected chi connectivity index (χ4v) is 5.76. The summed E-state index contributed by atoms with van der Waals surface area (Å²) in [5, 5.41) is 14.9. The highest BCUT2D eigenvalue weighted by Crippen LogP contribution is 2.34. The molecule has 8 nitrogen and oxygen atoms in total. The minimum absolute atomic E-state index is 0.145. The molecule has 1 fully saturated rings. The summed E-state index contributed by atoms with van der Waals surface area (Å²) in [6, 6.07) is 9.40. The van der Waals surface area contributed by atoms with Gasteiger partial charge in [0.2, 0.25) is 0 Å². The van der Waals surface area contributed by atoms with Gasteiger partial charge in [0, 0.05) is 31.2 Å². The van der Waals surface area contributed by atoms with Gasteiger partial charge in [0.15, 0.2) is 4.96 Å². The molecule has 1 aliphatic rings. The number of imidazole rings is 1. The number of carbonyl (C=O) groups is 2. The molecule has 35 heavy (non-hydrogen) atoms. The molecule has 3 aromatic heterocycles. The monoisotopic (exact) mass is 504 g/mol. The first-order chi connectivity index (χ1) is 16.9. The lowest BCUT2D eigenvalue weighted by molar-refractivity contribution is 0.0736. The fourth-order valence-electron chi connectivity index (χ4n) is 4.09. The summed E-state index contributed by atoms with van der Waals surface area (Å²) < 4.78 is 1.79. The van der Waals surface area contributed by atoms with E-state index in [9.17, 15) is 14.9 Å². The average Bonchev–Trinajstić information content (AvgIpc) is 3.26. The number of amides is 2. The Morgan fingerprint density at radius 1 is 1.29 bits per heavy atom. The van der Waals surface area contributed by atoms with Crippen LogP contribution in [0.1, 0.15) is 50.1 Å². The first-order valence-electron chi connectivity index (χ1n) is 11.4. The molecule has 0 atom stereocenters. The molecule has 0 unspecified atom stereocenters. The van der Waals surface area contributed by atoms with Gasteiger partial charge in [0.05, 0.1) is 27.2 Å². The van der Waals surface area contributed by atoms with Gasteiger partial charge >= 0.3 is 0 Å². The maximum absolute atomic E-state index is 13.6. The molecule has 4 aromatic rings. The largest absolute Gasteiger partial charge is 0.349 e. The van der Waals surface area contributed by atoms with E-state index in [2.05, 4.69) is 21.4 Å². The zero-order chi connectivity index (χ0) is 24.5. The molecule has 0 bridgehead atoms. The molecule has 0 saturated heterocycles. The molecule has 3 heterocycles. The summed E-state index contributed by atoms with van der Waals surface area (Å²) >= 11 is 2.93. The third kappa shape index (κ3) is 4.83. The van der Waals surface area contributed by atoms with Crippen molar-refractivity contribution in [1.29, 1.82) is 5.26 Å². The third-order valence-corrected chi connectivity index (χ3v) is 7.75. The molecule has 178 valence electrons. The first kappa shape index (κ1) is 23.2. The number of rotatable bonds is 8. The van der Waals surface area contributed by atoms with Gasteiger partial charge in [-0.15, -0.1) is 22.7 Å². The summed E-state index contributed by atoms with van der Waals surface area (Å²) in [7, 11) is 0. The number of benzene rings is 1. The Morgan fingerprint density at radius 3 is 2.89 bits per heavy atom. The number of nitrogens with one attached hydrogen (secondary N) is 1. The van der Waals surface area contributed by atoms with Crippen LogP contribution in [0, 0.1) is 31.1 Å². The lowest BCUT2D eigenvalue weighted by Gasteiger charge is -2.22. The Morgan fingerprint density at radius 2 is 2.11 bits per heavy atom. The number of aryl methyl sites for hydroxylation is 2. The zero-order valence-electron chi connectivity index (χ0n) is 19.4. The smallest absolute Gasteiger partial charge is 0.274 e. The molecule has 5 rings (SSSR count). The number of aromatic nitrogens is 3. The van der Waals surface area contributed by atoms with E-state index in [4.69, 9.17) is 0 Å². The Hall–Kier alpha value is -3.55. The number of thiazole rings is 2. The average molecular weight is 505 g/mol. The van der Waals surface area contributed by atoms with Gasteiger partial charge in [-0.3, -0.25) is 14.0 Å². The number of hydrogen-bond donors (Lipinski definition) is 1. The van der Waals surface area contributed by atoms with E-state index in [0.29, 0.717) is 48.2 Å². The Labute approximate surface area is 210 Å². The van der Waals surface area contributed by atoms with Crippen molar-refractivity contribution in [2.75, 3.05) is 19.6 Å². The van der Waals surface area contributed by atoms with Crippen LogP contribution in [0.5, 0.6) is 0 Å². The van der Waals surface area contributed by atoms with Crippen molar-refractivity contribution in [3.8, 4) is 16.5 Å². The number of carbonyl (C=O) groups excluding carboxylic acids is 2. The van der Waals surface area contributed by atoms with Crippen LogP contribution in [-0.4, -0.2) is 50.7 Å². The van der Waals surface area contributed by atoms with Crippen molar-refractivity contribution in [1.82, 2.24) is 24.6 Å². The van der Waals surface area contributed by atoms with Crippen LogP contribution in [0.3, 0.4) is 0 Å². The summed E-state index contributed by atoms with van der Waals surface area (Å²) in [5.41, 5.74) is 2.97. The quantitative estimate of drug-likeness (QED) is 0.386. The highest BCUT2D eigenvalue weighted by molar-refractivity contribution is 7.15. The Balaban J connectivity index is 1.33. The minimum atomic E-state index is -0.203. The number of nitrogens with zero attached hydrogens (tertiary/aromatic N) is 5. The maximum Gasteiger partial charge on any atom is 0.274 e. The van der Waals surface area contributed by atoms with Crippen molar-refractivity contribution in [3.63, 3.8) is 0 Å². The molecule has 1 aliphatic carbocycles. The van der Waals surface area contributed by atoms with E-state index in [1.165, 1.54) is 22.7 Å². The van der Waals surface area contributed by atoms with Crippen molar-refractivity contribution in [3.05, 3.63) is 63.5 Å². The lowest BCUT2D eigenvalue weighted by atomic mass is 10.1. The number of hydrogen-bond acceptors (Lipinski definition) is 7. The van der Waals surface area contributed by atoms with E-state index >= 15 is 0 Å². The summed E-state index contributed by atoms with van der Waals surface area (Å²) in [6.07, 6.45) is 4.05. The maximum atomic E-state index is 13.6. The normalized spacial score (nSPS) is 13.1. The highest BCUT2D eigenvalue weighted by atomic mass is 32.1. The van der Waals surface area contributed by atoms with Crippen LogP contribution in [0.25, 0.3) is 15.4 Å². The van der Waals surface area contributed by atoms with Gasteiger partial charge in [-0.1, -0.05) is 12.1 Å². The lowest BCUT2D eigenvalue weighted by Crippen LogP contribution is -2.40. The van der Waals surface area contributed by atoms with Crippen LogP contribution in [0.4, 0.5) is 0 Å². The minimum Gasteiger partial charge on any atom is -0.349 e. The van der Waals surface area contributed by atoms with Crippen LogP contribution >= 0.6 is 22.7 Å². The van der Waals surface area contributed by atoms with Gasteiger partial charge in [0.1, 0.15) is 11.4 Å². The van der Waals surface area contributed by atoms with Gasteiger partial charge in [-0.05, 0) is 50.3 Å². The molecule has 1 aromatic carbocycles. The van der Waals surface area contributed by atoms with E-state index < -0.39 is 0 Å². The second-order valence-electron chi connectivity index (χ2n) is 8.66. The topological polar surface area (TPSA) is 103 Å². The van der Waals surface area contributed by atoms with Gasteiger partial charge in [-0.2, -0.15) is 5.26 Å². The third-order valence-electron chi connectivity index (χ3n) is 5.97. The van der Waals surface area contributed by atoms with Crippen LogP contribution in [0.15, 0.2) is 35.8 Å². The molecular formula is C25H24N6O2S2. The van der Waals surface area contributed by atoms with E-state index in [1.54, 1.807) is 21.4 Å². The predicted molar refractivity (Wildman–Crippen MR) is 136 cm³/mol. The second-order valence-corrected chi connectivity index (χ2v) is 10.7. The van der Waals surface area contributed by atoms with E-state index in [1.807, 2.05) is 37.6 Å².